The Kier molecular flexibility index (Phi) is 8.38. The summed E-state index contributed by atoms with van der Waals surface area (Å²) in [7, 11) is 0. The van der Waals surface area contributed by atoms with E-state index in [2.05, 4.69) is 203 Å². The summed E-state index contributed by atoms with van der Waals surface area (Å²) in [6, 6.07) is 74.2. The van der Waals surface area contributed by atoms with Crippen LogP contribution in [0.2, 0.25) is 0 Å². The fourth-order valence-electron chi connectivity index (χ4n) is 9.05. The van der Waals surface area contributed by atoms with Crippen LogP contribution in [0.1, 0.15) is 0 Å². The third kappa shape index (κ3) is 5.88. The molecule has 0 saturated carbocycles. The largest absolute Gasteiger partial charge is 0.309 e. The summed E-state index contributed by atoms with van der Waals surface area (Å²) in [5, 5.41) is 9.81. The van der Waals surface area contributed by atoms with Crippen molar-refractivity contribution >= 4 is 38.1 Å². The van der Waals surface area contributed by atoms with Gasteiger partial charge < -0.3 is 4.57 Å². The van der Waals surface area contributed by atoms with E-state index in [4.69, 9.17) is 20.1 Å². The van der Waals surface area contributed by atoms with Gasteiger partial charge in [-0.05, 0) is 46.8 Å². The van der Waals surface area contributed by atoms with Crippen molar-refractivity contribution in [2.24, 2.45) is 0 Å². The summed E-state index contributed by atoms with van der Waals surface area (Å²) in [6.07, 6.45) is 2.00. The number of hydrogen-bond donors (Lipinski definition) is 0. The van der Waals surface area contributed by atoms with E-state index in [1.807, 2.05) is 24.4 Å². The summed E-state index contributed by atoms with van der Waals surface area (Å²) in [4.78, 5) is 15.6. The van der Waals surface area contributed by atoms with Crippen molar-refractivity contribution in [1.82, 2.24) is 29.1 Å². The minimum absolute atomic E-state index is 0.593. The SMILES string of the molecule is c1ccc(-c2nc(-c3cccc(-c4c(-c5ccccc5)n5ncc(-c6ccccc6)c5c5ccccc45)c3)nc(-c3cccc(-n4c5ccccc5c5ccccc54)c3)n2)cc1. The molecule has 0 aliphatic heterocycles. The molecule has 4 aromatic heterocycles. The van der Waals surface area contributed by atoms with Crippen molar-refractivity contribution in [2.75, 3.05) is 0 Å². The van der Waals surface area contributed by atoms with Crippen LogP contribution in [-0.4, -0.2) is 29.1 Å². The zero-order valence-electron chi connectivity index (χ0n) is 33.5. The van der Waals surface area contributed by atoms with Crippen molar-refractivity contribution < 1.29 is 0 Å². The molecule has 0 radical (unpaired) electrons. The Morgan fingerprint density at radius 2 is 0.806 bits per heavy atom. The van der Waals surface area contributed by atoms with Crippen LogP contribution in [0.3, 0.4) is 0 Å². The lowest BCUT2D eigenvalue weighted by Crippen LogP contribution is -2.02. The van der Waals surface area contributed by atoms with Crippen molar-refractivity contribution in [2.45, 2.75) is 0 Å². The second-order valence-corrected chi connectivity index (χ2v) is 15.5. The van der Waals surface area contributed by atoms with E-state index < -0.39 is 0 Å². The average molecular weight is 793 g/mol. The van der Waals surface area contributed by atoms with E-state index >= 15 is 0 Å². The normalized spacial score (nSPS) is 11.5. The molecule has 0 amide bonds. The Morgan fingerprint density at radius 3 is 1.45 bits per heavy atom. The van der Waals surface area contributed by atoms with Gasteiger partial charge in [-0.3, -0.25) is 0 Å². The molecule has 0 aliphatic carbocycles. The lowest BCUT2D eigenvalue weighted by atomic mass is 9.91. The topological polar surface area (TPSA) is 60.9 Å². The minimum atomic E-state index is 0.593. The molecule has 0 N–H and O–H groups in total. The highest BCUT2D eigenvalue weighted by atomic mass is 15.2. The molecule has 6 heteroatoms. The van der Waals surface area contributed by atoms with Crippen LogP contribution in [-0.2, 0) is 0 Å². The average Bonchev–Trinajstić information content (AvgIpc) is 3.95. The zero-order chi connectivity index (χ0) is 41.0. The van der Waals surface area contributed by atoms with Crippen LogP contribution in [0.4, 0.5) is 0 Å². The molecule has 0 bridgehead atoms. The molecule has 6 nitrogen and oxygen atoms in total. The van der Waals surface area contributed by atoms with Crippen LogP contribution < -0.4 is 0 Å². The summed E-state index contributed by atoms with van der Waals surface area (Å²) in [5.41, 5.74) is 13.5. The van der Waals surface area contributed by atoms with Gasteiger partial charge in [0.1, 0.15) is 0 Å². The van der Waals surface area contributed by atoms with E-state index in [1.54, 1.807) is 0 Å². The maximum atomic E-state index is 5.26. The second-order valence-electron chi connectivity index (χ2n) is 15.5. The highest BCUT2D eigenvalue weighted by Crippen LogP contribution is 2.43. The van der Waals surface area contributed by atoms with Gasteiger partial charge in [-0.25, -0.2) is 19.5 Å². The highest BCUT2D eigenvalue weighted by Gasteiger charge is 2.22. The summed E-state index contributed by atoms with van der Waals surface area (Å²) in [5.74, 6) is 1.80. The number of fused-ring (bicyclic) bond motifs is 6. The van der Waals surface area contributed by atoms with Crippen molar-refractivity contribution in [3.63, 3.8) is 0 Å². The first kappa shape index (κ1) is 35.5. The highest BCUT2D eigenvalue weighted by molar-refractivity contribution is 6.13. The Hall–Kier alpha value is -8.48. The molecule has 4 heterocycles. The zero-order valence-corrected chi connectivity index (χ0v) is 33.5. The van der Waals surface area contributed by atoms with Crippen LogP contribution >= 0.6 is 0 Å². The molecule has 8 aromatic carbocycles. The molecule has 12 aromatic rings. The summed E-state index contributed by atoms with van der Waals surface area (Å²) in [6.45, 7) is 0. The van der Waals surface area contributed by atoms with Gasteiger partial charge in [0.05, 0.1) is 28.4 Å². The Morgan fingerprint density at radius 1 is 0.339 bits per heavy atom. The van der Waals surface area contributed by atoms with E-state index in [0.717, 1.165) is 83.2 Å². The van der Waals surface area contributed by atoms with Gasteiger partial charge >= 0.3 is 0 Å². The number of pyridine rings is 1. The number of benzene rings is 8. The van der Waals surface area contributed by atoms with Gasteiger partial charge in [0.25, 0.3) is 0 Å². The van der Waals surface area contributed by atoms with Gasteiger partial charge in [-0.15, -0.1) is 0 Å². The first-order chi connectivity index (χ1) is 30.8. The van der Waals surface area contributed by atoms with E-state index in [1.165, 1.54) is 10.8 Å². The standard InChI is InChI=1S/C56H36N6/c1-4-18-37(19-5-1)48-36-57-62-52(38-20-6-2-7-21-38)51(46-30-10-11-31-47(46)53(48)62)40-24-16-25-41(34-40)55-58-54(39-22-8-3-9-23-39)59-56(60-55)42-26-17-27-43(35-42)61-49-32-14-12-28-44(49)45-29-13-15-33-50(45)61/h1-36H. The molecule has 62 heavy (non-hydrogen) atoms. The monoisotopic (exact) mass is 792 g/mol. The number of hydrogen-bond acceptors (Lipinski definition) is 4. The van der Waals surface area contributed by atoms with Crippen molar-refractivity contribution in [3.8, 4) is 73.4 Å². The Bertz CT molecular complexity index is 3570. The molecule has 0 fully saturated rings. The molecular weight excluding hydrogens is 757 g/mol. The van der Waals surface area contributed by atoms with Gasteiger partial charge in [0.15, 0.2) is 17.5 Å². The third-order valence-corrected chi connectivity index (χ3v) is 11.8. The quantitative estimate of drug-likeness (QED) is 0.161. The van der Waals surface area contributed by atoms with Crippen molar-refractivity contribution in [3.05, 3.63) is 219 Å². The lowest BCUT2D eigenvalue weighted by Gasteiger charge is -2.18. The summed E-state index contributed by atoms with van der Waals surface area (Å²) >= 11 is 0. The molecule has 12 rings (SSSR count). The maximum Gasteiger partial charge on any atom is 0.164 e. The van der Waals surface area contributed by atoms with Gasteiger partial charge in [-0.1, -0.05) is 182 Å². The van der Waals surface area contributed by atoms with Gasteiger partial charge in [0, 0.05) is 55.2 Å². The fraction of sp³-hybridized carbons (Fsp3) is 0. The lowest BCUT2D eigenvalue weighted by molar-refractivity contribution is 0.976. The fourth-order valence-corrected chi connectivity index (χ4v) is 9.05. The third-order valence-electron chi connectivity index (χ3n) is 11.8. The van der Waals surface area contributed by atoms with E-state index in [9.17, 15) is 0 Å². The Balaban J connectivity index is 1.06. The first-order valence-corrected chi connectivity index (χ1v) is 20.8. The predicted molar refractivity (Wildman–Crippen MR) is 253 cm³/mol. The van der Waals surface area contributed by atoms with Crippen LogP contribution in [0.25, 0.3) is 111 Å². The van der Waals surface area contributed by atoms with E-state index in [0.29, 0.717) is 17.5 Å². The van der Waals surface area contributed by atoms with Crippen LogP contribution in [0.5, 0.6) is 0 Å². The number of para-hydroxylation sites is 2. The number of aromatic nitrogens is 6. The number of nitrogens with zero attached hydrogens (tertiary/aromatic N) is 6. The maximum absolute atomic E-state index is 5.26. The molecule has 0 saturated heterocycles. The minimum Gasteiger partial charge on any atom is -0.309 e. The molecule has 0 unspecified atom stereocenters. The predicted octanol–water partition coefficient (Wildman–Crippen LogP) is 13.8. The molecule has 0 spiro atoms. The van der Waals surface area contributed by atoms with E-state index in [-0.39, 0.29) is 0 Å². The Labute approximate surface area is 357 Å². The number of rotatable bonds is 7. The molecular formula is C56H36N6. The van der Waals surface area contributed by atoms with Gasteiger partial charge in [0.2, 0.25) is 0 Å². The van der Waals surface area contributed by atoms with Crippen LogP contribution in [0, 0.1) is 0 Å². The van der Waals surface area contributed by atoms with Crippen molar-refractivity contribution in [1.29, 1.82) is 0 Å². The second kappa shape index (κ2) is 14.7. The van der Waals surface area contributed by atoms with Crippen LogP contribution in [0.15, 0.2) is 219 Å². The van der Waals surface area contributed by atoms with Gasteiger partial charge in [-0.2, -0.15) is 5.10 Å². The summed E-state index contributed by atoms with van der Waals surface area (Å²) < 4.78 is 4.45. The molecule has 290 valence electrons. The molecule has 0 aliphatic rings. The smallest absolute Gasteiger partial charge is 0.164 e. The first-order valence-electron chi connectivity index (χ1n) is 20.8. The molecule has 0 atom stereocenters.